The molecule has 2 heterocycles. The summed E-state index contributed by atoms with van der Waals surface area (Å²) in [4.78, 5) is 0. The molecule has 2 saturated heterocycles. The summed E-state index contributed by atoms with van der Waals surface area (Å²) in [6.45, 7) is 18.0. The monoisotopic (exact) mass is 462 g/mol. The van der Waals surface area contributed by atoms with Crippen LogP contribution in [0, 0.1) is 13.8 Å². The van der Waals surface area contributed by atoms with Gasteiger partial charge in [-0.3, -0.25) is 0 Å². The van der Waals surface area contributed by atoms with E-state index in [9.17, 15) is 5.11 Å². The zero-order chi connectivity index (χ0) is 24.7. The van der Waals surface area contributed by atoms with Gasteiger partial charge in [-0.2, -0.15) is 0 Å². The van der Waals surface area contributed by atoms with E-state index in [0.717, 1.165) is 35.0 Å². The van der Waals surface area contributed by atoms with E-state index in [-0.39, 0.29) is 5.41 Å². The van der Waals surface area contributed by atoms with Gasteiger partial charge in [-0.1, -0.05) is 56.8 Å². The highest BCUT2D eigenvalue weighted by molar-refractivity contribution is 6.62. The molecule has 0 bridgehead atoms. The molecule has 34 heavy (non-hydrogen) atoms. The average molecular weight is 462 g/mol. The second-order valence-corrected chi connectivity index (χ2v) is 10.5. The molecule has 182 valence electrons. The third-order valence-corrected chi connectivity index (χ3v) is 8.21. The van der Waals surface area contributed by atoms with E-state index in [1.165, 1.54) is 11.1 Å². The Balaban J connectivity index is 1.69. The second-order valence-electron chi connectivity index (χ2n) is 10.5. The summed E-state index contributed by atoms with van der Waals surface area (Å²) in [5, 5.41) is 11.3. The van der Waals surface area contributed by atoms with E-state index in [2.05, 4.69) is 70.7 Å². The van der Waals surface area contributed by atoms with Gasteiger partial charge in [0.2, 0.25) is 0 Å². The first-order valence-corrected chi connectivity index (χ1v) is 12.6. The van der Waals surface area contributed by atoms with Gasteiger partial charge in [0.25, 0.3) is 0 Å². The number of benzene rings is 2. The number of hydrogen-bond donors (Lipinski definition) is 1. The Morgan fingerprint density at radius 1 is 0.971 bits per heavy atom. The van der Waals surface area contributed by atoms with Crippen molar-refractivity contribution >= 4 is 12.6 Å². The summed E-state index contributed by atoms with van der Waals surface area (Å²) >= 11 is 0. The minimum Gasteiger partial charge on any atom is -0.534 e. The van der Waals surface area contributed by atoms with Crippen molar-refractivity contribution in [3.05, 3.63) is 76.6 Å². The van der Waals surface area contributed by atoms with Crippen LogP contribution in [0.25, 0.3) is 0 Å². The van der Waals surface area contributed by atoms with Gasteiger partial charge < -0.3 is 19.2 Å². The van der Waals surface area contributed by atoms with Crippen molar-refractivity contribution in [1.29, 1.82) is 0 Å². The molecule has 0 saturated carbocycles. The summed E-state index contributed by atoms with van der Waals surface area (Å²) in [5.74, 6) is 0.666. The molecule has 1 N–H and O–H groups in total. The molecule has 5 heteroatoms. The molecular weight excluding hydrogens is 423 g/mol. The summed E-state index contributed by atoms with van der Waals surface area (Å²) in [6.07, 6.45) is 3.27. The number of hydrogen-bond acceptors (Lipinski definition) is 4. The van der Waals surface area contributed by atoms with Crippen molar-refractivity contribution in [2.45, 2.75) is 83.8 Å². The van der Waals surface area contributed by atoms with Crippen LogP contribution in [0.5, 0.6) is 0 Å². The molecule has 0 spiro atoms. The normalized spacial score (nSPS) is 19.9. The SMILES string of the molecule is C=C1OB(c2ccc(C(CC)(CC)c3ccc(C4(O)CCOCC4)c(C)c3)cc2C)OC1(C)C. The Morgan fingerprint density at radius 3 is 2.06 bits per heavy atom. The van der Waals surface area contributed by atoms with Crippen molar-refractivity contribution in [3.63, 3.8) is 0 Å². The van der Waals surface area contributed by atoms with Gasteiger partial charge in [0.05, 0.1) is 11.4 Å². The fourth-order valence-electron chi connectivity index (χ4n) is 5.69. The first-order valence-electron chi connectivity index (χ1n) is 12.6. The molecule has 0 radical (unpaired) electrons. The highest BCUT2D eigenvalue weighted by Crippen LogP contribution is 2.42. The van der Waals surface area contributed by atoms with Crippen LogP contribution in [0.15, 0.2) is 48.7 Å². The molecule has 2 aliphatic rings. The molecule has 0 atom stereocenters. The van der Waals surface area contributed by atoms with Crippen LogP contribution in [-0.4, -0.2) is 31.0 Å². The lowest BCUT2D eigenvalue weighted by Gasteiger charge is -2.37. The first kappa shape index (κ1) is 25.0. The smallest absolute Gasteiger partial charge is 0.534 e. The Hall–Kier alpha value is -2.08. The highest BCUT2D eigenvalue weighted by atomic mass is 16.7. The number of ether oxygens (including phenoxy) is 1. The van der Waals surface area contributed by atoms with Crippen LogP contribution < -0.4 is 5.46 Å². The van der Waals surface area contributed by atoms with E-state index in [1.807, 2.05) is 13.8 Å². The molecule has 2 fully saturated rings. The Labute approximate surface area is 205 Å². The van der Waals surface area contributed by atoms with Gasteiger partial charge in [0.15, 0.2) is 0 Å². The van der Waals surface area contributed by atoms with Crippen LogP contribution in [0.3, 0.4) is 0 Å². The highest BCUT2D eigenvalue weighted by Gasteiger charge is 2.44. The van der Waals surface area contributed by atoms with Crippen molar-refractivity contribution in [2.24, 2.45) is 0 Å². The fraction of sp³-hybridized carbons (Fsp3) is 0.517. The fourth-order valence-corrected chi connectivity index (χ4v) is 5.69. The minimum absolute atomic E-state index is 0.106. The third kappa shape index (κ3) is 4.23. The van der Waals surface area contributed by atoms with Gasteiger partial charge >= 0.3 is 7.12 Å². The molecule has 2 aliphatic heterocycles. The lowest BCUT2D eigenvalue weighted by atomic mass is 9.67. The lowest BCUT2D eigenvalue weighted by molar-refractivity contribution is -0.0682. The molecule has 4 rings (SSSR count). The number of aliphatic hydroxyl groups is 1. The van der Waals surface area contributed by atoms with E-state index in [4.69, 9.17) is 14.0 Å². The maximum absolute atomic E-state index is 11.3. The van der Waals surface area contributed by atoms with Crippen LogP contribution >= 0.6 is 0 Å². The van der Waals surface area contributed by atoms with Crippen molar-refractivity contribution in [3.8, 4) is 0 Å². The third-order valence-electron chi connectivity index (χ3n) is 8.21. The van der Waals surface area contributed by atoms with Gasteiger partial charge in [0.1, 0.15) is 5.60 Å². The summed E-state index contributed by atoms with van der Waals surface area (Å²) < 4.78 is 17.6. The maximum atomic E-state index is 11.3. The average Bonchev–Trinajstić information content (AvgIpc) is 3.07. The quantitative estimate of drug-likeness (QED) is 0.581. The zero-order valence-electron chi connectivity index (χ0n) is 21.7. The maximum Gasteiger partial charge on any atom is 0.563 e. The molecule has 0 amide bonds. The van der Waals surface area contributed by atoms with Crippen molar-refractivity contribution in [2.75, 3.05) is 13.2 Å². The van der Waals surface area contributed by atoms with Crippen molar-refractivity contribution in [1.82, 2.24) is 0 Å². The van der Waals surface area contributed by atoms with Crippen LogP contribution in [0.1, 0.15) is 81.2 Å². The number of rotatable bonds is 6. The van der Waals surface area contributed by atoms with E-state index < -0.39 is 18.3 Å². The van der Waals surface area contributed by atoms with Gasteiger partial charge in [-0.25, -0.2) is 0 Å². The second kappa shape index (κ2) is 9.18. The number of aryl methyl sites for hydroxylation is 2. The molecule has 2 aromatic carbocycles. The Kier molecular flexibility index (Phi) is 6.76. The Bertz CT molecular complexity index is 1060. The predicted molar refractivity (Wildman–Crippen MR) is 138 cm³/mol. The first-order chi connectivity index (χ1) is 16.1. The van der Waals surface area contributed by atoms with Gasteiger partial charge in [0, 0.05) is 31.5 Å². The van der Waals surface area contributed by atoms with Gasteiger partial charge in [-0.15, -0.1) is 0 Å². The van der Waals surface area contributed by atoms with Crippen LogP contribution in [0.2, 0.25) is 0 Å². The standard InChI is InChI=1S/C29H39BO4/c1-8-28(9-2,23-10-12-25(20(3)18-23)29(31)14-16-32-17-15-29)24-11-13-26(21(4)19-24)30-33-22(5)27(6,7)34-30/h10-13,18-19,31H,5,8-9,14-17H2,1-4,6-7H3. The molecule has 2 aromatic rings. The van der Waals surface area contributed by atoms with Crippen LogP contribution in [-0.2, 0) is 25.1 Å². The Morgan fingerprint density at radius 2 is 1.56 bits per heavy atom. The minimum atomic E-state index is -0.792. The summed E-state index contributed by atoms with van der Waals surface area (Å²) in [5.41, 5.74) is 5.59. The predicted octanol–water partition coefficient (Wildman–Crippen LogP) is 5.44. The zero-order valence-corrected chi connectivity index (χ0v) is 21.7. The van der Waals surface area contributed by atoms with Crippen molar-refractivity contribution < 1.29 is 19.2 Å². The summed E-state index contributed by atoms with van der Waals surface area (Å²) in [7, 11) is -0.420. The largest absolute Gasteiger partial charge is 0.563 e. The van der Waals surface area contributed by atoms with E-state index in [1.54, 1.807) is 0 Å². The molecule has 0 aliphatic carbocycles. The van der Waals surface area contributed by atoms with Crippen LogP contribution in [0.4, 0.5) is 0 Å². The van der Waals surface area contributed by atoms with E-state index in [0.29, 0.717) is 31.8 Å². The molecule has 4 nitrogen and oxygen atoms in total. The molecule has 0 unspecified atom stereocenters. The topological polar surface area (TPSA) is 47.9 Å². The van der Waals surface area contributed by atoms with E-state index >= 15 is 0 Å². The summed E-state index contributed by atoms with van der Waals surface area (Å²) in [6, 6.07) is 13.3. The lowest BCUT2D eigenvalue weighted by Crippen LogP contribution is -2.37. The molecular formula is C29H39BO4. The van der Waals surface area contributed by atoms with Gasteiger partial charge in [-0.05, 0) is 73.8 Å². The molecule has 0 aromatic heterocycles.